The van der Waals surface area contributed by atoms with Crippen molar-refractivity contribution < 1.29 is 13.3 Å². The van der Waals surface area contributed by atoms with Crippen LogP contribution in [0, 0.1) is 0 Å². The third-order valence-corrected chi connectivity index (χ3v) is 10.1. The standard InChI is InChI=1S/C13H30O3Si4/c1-10(2)7-18-14-13(17,15-19-8-11(3)4)16-20-9-12(5)6/h7-9H,18-20H2,1-6,17H3. The summed E-state index contributed by atoms with van der Waals surface area (Å²) in [6, 6.07) is 0. The van der Waals surface area contributed by atoms with Gasteiger partial charge in [0.25, 0.3) is 0 Å². The minimum absolute atomic E-state index is 0.700. The fourth-order valence-corrected chi connectivity index (χ4v) is 5.86. The van der Waals surface area contributed by atoms with Gasteiger partial charge in [-0.05, 0) is 41.5 Å². The number of hydrogen-bond acceptors (Lipinski definition) is 3. The Kier molecular flexibility index (Phi) is 10.6. The highest BCUT2D eigenvalue weighted by Crippen LogP contribution is 2.10. The summed E-state index contributed by atoms with van der Waals surface area (Å²) >= 11 is 0. The van der Waals surface area contributed by atoms with Gasteiger partial charge in [0, 0.05) is 0 Å². The Bertz CT molecular complexity index is 311. The van der Waals surface area contributed by atoms with Crippen molar-refractivity contribution in [3.63, 3.8) is 0 Å². The van der Waals surface area contributed by atoms with Crippen LogP contribution >= 0.6 is 0 Å². The number of rotatable bonds is 9. The first kappa shape index (κ1) is 20.0. The van der Waals surface area contributed by atoms with Crippen molar-refractivity contribution in [3.05, 3.63) is 33.8 Å². The first-order valence-electron chi connectivity index (χ1n) is 7.07. The van der Waals surface area contributed by atoms with Crippen LogP contribution in [0.5, 0.6) is 0 Å². The van der Waals surface area contributed by atoms with E-state index in [0.717, 1.165) is 10.2 Å². The summed E-state index contributed by atoms with van der Waals surface area (Å²) in [5.41, 5.74) is 9.82. The Morgan fingerprint density at radius 3 is 1.15 bits per heavy atom. The van der Waals surface area contributed by atoms with Gasteiger partial charge in [-0.25, -0.2) is 0 Å². The molecule has 0 bridgehead atoms. The van der Waals surface area contributed by atoms with Gasteiger partial charge in [-0.15, -0.1) is 0 Å². The first-order valence-corrected chi connectivity index (χ1v) is 12.3. The molecule has 0 N–H and O–H groups in total. The van der Waals surface area contributed by atoms with Gasteiger partial charge in [0.15, 0.2) is 29.3 Å². The highest BCUT2D eigenvalue weighted by Gasteiger charge is 2.24. The molecular weight excluding hydrogens is 316 g/mol. The molecule has 20 heavy (non-hydrogen) atoms. The summed E-state index contributed by atoms with van der Waals surface area (Å²) in [6.45, 7) is 12.6. The molecule has 0 aromatic heterocycles. The van der Waals surface area contributed by atoms with Crippen LogP contribution in [0.1, 0.15) is 41.5 Å². The molecule has 0 atom stereocenters. The molecule has 0 amide bonds. The van der Waals surface area contributed by atoms with E-state index in [1.807, 2.05) is 0 Å². The maximum atomic E-state index is 5.99. The van der Waals surface area contributed by atoms with E-state index in [2.05, 4.69) is 58.6 Å². The second kappa shape index (κ2) is 10.7. The van der Waals surface area contributed by atoms with Crippen LogP contribution in [0.3, 0.4) is 0 Å². The fraction of sp³-hybridized carbons (Fsp3) is 0.538. The molecule has 0 fully saturated rings. The fourth-order valence-electron chi connectivity index (χ4n) is 1.20. The summed E-state index contributed by atoms with van der Waals surface area (Å²) in [5.74, 6) is 0. The van der Waals surface area contributed by atoms with E-state index >= 15 is 0 Å². The quantitative estimate of drug-likeness (QED) is 0.436. The highest BCUT2D eigenvalue weighted by atomic mass is 28.2. The minimum Gasteiger partial charge on any atom is -0.377 e. The molecular formula is C13H30O3Si4. The second-order valence-electron chi connectivity index (χ2n) is 5.64. The molecule has 0 unspecified atom stereocenters. The van der Waals surface area contributed by atoms with Crippen molar-refractivity contribution in [2.24, 2.45) is 0 Å². The molecule has 0 saturated carbocycles. The lowest BCUT2D eigenvalue weighted by atomic mass is 10.4. The van der Waals surface area contributed by atoms with Crippen molar-refractivity contribution in [2.75, 3.05) is 0 Å². The van der Waals surface area contributed by atoms with E-state index in [1.165, 1.54) is 16.7 Å². The van der Waals surface area contributed by atoms with Crippen molar-refractivity contribution in [1.82, 2.24) is 0 Å². The van der Waals surface area contributed by atoms with E-state index in [-0.39, 0.29) is 0 Å². The lowest BCUT2D eigenvalue weighted by molar-refractivity contribution is -0.183. The van der Waals surface area contributed by atoms with Crippen LogP contribution in [0.15, 0.2) is 33.8 Å². The van der Waals surface area contributed by atoms with Crippen LogP contribution in [0.25, 0.3) is 0 Å². The lowest BCUT2D eigenvalue weighted by Gasteiger charge is -2.31. The summed E-state index contributed by atoms with van der Waals surface area (Å²) in [4.78, 5) is 0. The first-order chi connectivity index (χ1) is 9.25. The predicted molar refractivity (Wildman–Crippen MR) is 99.8 cm³/mol. The molecule has 0 aromatic carbocycles. The van der Waals surface area contributed by atoms with Crippen molar-refractivity contribution in [2.45, 2.75) is 47.1 Å². The van der Waals surface area contributed by atoms with Crippen molar-refractivity contribution in [3.8, 4) is 0 Å². The second-order valence-corrected chi connectivity index (χ2v) is 9.96. The van der Waals surface area contributed by atoms with E-state index in [4.69, 9.17) is 13.3 Å². The molecule has 0 aliphatic heterocycles. The average Bonchev–Trinajstić information content (AvgIpc) is 2.27. The maximum Gasteiger partial charge on any atom is 0.217 e. The zero-order valence-electron chi connectivity index (χ0n) is 14.1. The summed E-state index contributed by atoms with van der Waals surface area (Å²) in [6.07, 6.45) is 0. The van der Waals surface area contributed by atoms with Crippen LogP contribution in [0.2, 0.25) is 0 Å². The van der Waals surface area contributed by atoms with Crippen LogP contribution < -0.4 is 0 Å². The average molecular weight is 347 g/mol. The Morgan fingerprint density at radius 1 is 0.700 bits per heavy atom. The van der Waals surface area contributed by atoms with Gasteiger partial charge in [0.1, 0.15) is 10.2 Å². The van der Waals surface area contributed by atoms with E-state index < -0.39 is 34.9 Å². The largest absolute Gasteiger partial charge is 0.377 e. The zero-order valence-corrected chi connectivity index (χ0v) is 20.3. The van der Waals surface area contributed by atoms with Gasteiger partial charge < -0.3 is 13.3 Å². The minimum atomic E-state index is -0.709. The Morgan fingerprint density at radius 2 is 0.950 bits per heavy atom. The number of hydrogen-bond donors (Lipinski definition) is 0. The molecule has 116 valence electrons. The third kappa shape index (κ3) is 11.8. The topological polar surface area (TPSA) is 27.7 Å². The SMILES string of the molecule is CC(C)=C[SiH2]OC([SiH3])(O[SiH2]C=C(C)C)O[SiH2]C=C(C)C. The Balaban J connectivity index is 4.52. The monoisotopic (exact) mass is 346 g/mol. The normalized spacial score (nSPS) is 15.3. The molecule has 0 aliphatic rings. The molecule has 0 saturated heterocycles. The van der Waals surface area contributed by atoms with Crippen molar-refractivity contribution >= 4 is 39.5 Å². The molecule has 0 radical (unpaired) electrons. The third-order valence-electron chi connectivity index (χ3n) is 2.51. The van der Waals surface area contributed by atoms with Gasteiger partial charge in [-0.3, -0.25) is 0 Å². The summed E-state index contributed by atoms with van der Waals surface area (Å²) < 4.78 is 18.0. The predicted octanol–water partition coefficient (Wildman–Crippen LogP) is 0.0354. The van der Waals surface area contributed by atoms with E-state index in [0.29, 0.717) is 0 Å². The summed E-state index contributed by atoms with van der Waals surface area (Å²) in [5, 5.41) is 0. The molecule has 0 aliphatic carbocycles. The smallest absolute Gasteiger partial charge is 0.217 e. The van der Waals surface area contributed by atoms with Gasteiger partial charge in [0.05, 0.1) is 0 Å². The zero-order chi connectivity index (χ0) is 15.6. The van der Waals surface area contributed by atoms with E-state index in [9.17, 15) is 0 Å². The lowest BCUT2D eigenvalue weighted by Crippen LogP contribution is -2.42. The van der Waals surface area contributed by atoms with Gasteiger partial charge >= 0.3 is 0 Å². The van der Waals surface area contributed by atoms with Crippen LogP contribution in [0.4, 0.5) is 0 Å². The molecule has 0 rings (SSSR count). The van der Waals surface area contributed by atoms with Crippen LogP contribution in [-0.2, 0) is 13.3 Å². The van der Waals surface area contributed by atoms with Gasteiger partial charge in [-0.2, -0.15) is 0 Å². The summed E-state index contributed by atoms with van der Waals surface area (Å²) in [7, 11) is -1.38. The number of allylic oxidation sites excluding steroid dienone is 3. The molecule has 7 heteroatoms. The highest BCUT2D eigenvalue weighted by molar-refractivity contribution is 6.40. The maximum absolute atomic E-state index is 5.99. The van der Waals surface area contributed by atoms with Gasteiger partial charge in [0.2, 0.25) is 5.60 Å². The molecule has 0 heterocycles. The molecule has 0 spiro atoms. The van der Waals surface area contributed by atoms with Crippen molar-refractivity contribution in [1.29, 1.82) is 0 Å². The van der Waals surface area contributed by atoms with E-state index in [1.54, 1.807) is 0 Å². The molecule has 0 aromatic rings. The van der Waals surface area contributed by atoms with Gasteiger partial charge in [-0.1, -0.05) is 33.8 Å². The van der Waals surface area contributed by atoms with Crippen LogP contribution in [-0.4, -0.2) is 45.1 Å². The Hall–Kier alpha value is -0.0325. The Labute approximate surface area is 134 Å². The molecule has 3 nitrogen and oxygen atoms in total.